The number of aliphatic hydroxyl groups is 1. The van der Waals surface area contributed by atoms with E-state index in [1.165, 1.54) is 0 Å². The second kappa shape index (κ2) is 5.37. The summed E-state index contributed by atoms with van der Waals surface area (Å²) in [5.41, 5.74) is 0.802. The second-order valence-electron chi connectivity index (χ2n) is 3.94. The first kappa shape index (κ1) is 11.5. The number of benzene rings is 1. The number of allylic oxidation sites excluding steroid dienone is 1. The Labute approximate surface area is 101 Å². The van der Waals surface area contributed by atoms with Gasteiger partial charge in [-0.25, -0.2) is 0 Å². The van der Waals surface area contributed by atoms with E-state index in [0.29, 0.717) is 10.8 Å². The van der Waals surface area contributed by atoms with E-state index in [9.17, 15) is 0 Å². The van der Waals surface area contributed by atoms with Crippen molar-refractivity contribution < 1.29 is 9.84 Å². The first-order chi connectivity index (χ1) is 7.79. The topological polar surface area (TPSA) is 29.5 Å². The smallest absolute Gasteiger partial charge is 0.138 e. The van der Waals surface area contributed by atoms with Crippen LogP contribution in [0.5, 0.6) is 5.75 Å². The maximum Gasteiger partial charge on any atom is 0.138 e. The van der Waals surface area contributed by atoms with E-state index >= 15 is 0 Å². The molecule has 1 aliphatic rings. The Morgan fingerprint density at radius 2 is 2.31 bits per heavy atom. The molecular weight excluding hydrogens is 224 g/mol. The molecule has 0 saturated carbocycles. The molecule has 86 valence electrons. The molecular formula is C13H15ClO2. The zero-order valence-electron chi connectivity index (χ0n) is 9.03. The molecule has 0 heterocycles. The quantitative estimate of drug-likeness (QED) is 0.819. The Bertz CT molecular complexity index is 388. The third kappa shape index (κ3) is 2.77. The number of ether oxygens (including phenoxy) is 1. The van der Waals surface area contributed by atoms with Crippen molar-refractivity contribution in [1.29, 1.82) is 0 Å². The largest absolute Gasteiger partial charge is 0.485 e. The number of aliphatic hydroxyl groups excluding tert-OH is 1. The summed E-state index contributed by atoms with van der Waals surface area (Å²) in [4.78, 5) is 0. The van der Waals surface area contributed by atoms with Crippen LogP contribution in [0, 0.1) is 0 Å². The summed E-state index contributed by atoms with van der Waals surface area (Å²) in [5, 5.41) is 9.52. The van der Waals surface area contributed by atoms with Crippen molar-refractivity contribution in [3.8, 4) is 5.75 Å². The van der Waals surface area contributed by atoms with Gasteiger partial charge in [-0.05, 0) is 43.0 Å². The Hall–Kier alpha value is -0.990. The van der Waals surface area contributed by atoms with E-state index in [-0.39, 0.29) is 12.7 Å². The number of hydrogen-bond acceptors (Lipinski definition) is 2. The van der Waals surface area contributed by atoms with Gasteiger partial charge in [-0.15, -0.1) is 0 Å². The molecule has 0 aromatic heterocycles. The highest BCUT2D eigenvalue weighted by Crippen LogP contribution is 2.28. The van der Waals surface area contributed by atoms with Crippen LogP contribution >= 0.6 is 11.6 Å². The van der Waals surface area contributed by atoms with Gasteiger partial charge in [0.1, 0.15) is 11.9 Å². The Kier molecular flexibility index (Phi) is 3.86. The van der Waals surface area contributed by atoms with Crippen LogP contribution in [0.4, 0.5) is 0 Å². The summed E-state index contributed by atoms with van der Waals surface area (Å²) in [6, 6.07) is 5.38. The Morgan fingerprint density at radius 1 is 1.44 bits per heavy atom. The lowest BCUT2D eigenvalue weighted by Crippen LogP contribution is -2.15. The average Bonchev–Trinajstić information content (AvgIpc) is 2.33. The summed E-state index contributed by atoms with van der Waals surface area (Å²) < 4.78 is 5.79. The van der Waals surface area contributed by atoms with Gasteiger partial charge >= 0.3 is 0 Å². The summed E-state index contributed by atoms with van der Waals surface area (Å²) in [7, 11) is 0. The number of rotatable bonds is 3. The van der Waals surface area contributed by atoms with Crippen LogP contribution in [-0.4, -0.2) is 11.2 Å². The molecule has 0 fully saturated rings. The van der Waals surface area contributed by atoms with Crippen LogP contribution in [-0.2, 0) is 6.61 Å². The molecule has 2 nitrogen and oxygen atoms in total. The maximum atomic E-state index is 8.96. The highest BCUT2D eigenvalue weighted by atomic mass is 35.5. The zero-order chi connectivity index (χ0) is 11.4. The molecule has 1 atom stereocenters. The monoisotopic (exact) mass is 238 g/mol. The molecule has 16 heavy (non-hydrogen) atoms. The third-order valence-corrected chi connectivity index (χ3v) is 2.96. The fourth-order valence-electron chi connectivity index (χ4n) is 1.78. The molecule has 1 N–H and O–H groups in total. The van der Waals surface area contributed by atoms with Crippen molar-refractivity contribution in [3.05, 3.63) is 40.9 Å². The fraction of sp³-hybridized carbons (Fsp3) is 0.385. The van der Waals surface area contributed by atoms with Gasteiger partial charge in [0.25, 0.3) is 0 Å². The van der Waals surface area contributed by atoms with Gasteiger partial charge in [-0.2, -0.15) is 0 Å². The SMILES string of the molecule is OCc1ccc(OC2C=CCCC2)c(Cl)c1. The number of halogens is 1. The van der Waals surface area contributed by atoms with Crippen LogP contribution in [0.15, 0.2) is 30.4 Å². The van der Waals surface area contributed by atoms with Crippen LogP contribution in [0.2, 0.25) is 5.02 Å². The minimum absolute atomic E-state index is 0.00330. The Balaban J connectivity index is 2.09. The third-order valence-electron chi connectivity index (χ3n) is 2.67. The fourth-order valence-corrected chi connectivity index (χ4v) is 2.03. The van der Waals surface area contributed by atoms with Crippen molar-refractivity contribution in [1.82, 2.24) is 0 Å². The van der Waals surface area contributed by atoms with Crippen molar-refractivity contribution in [2.75, 3.05) is 0 Å². The lowest BCUT2D eigenvalue weighted by Gasteiger charge is -2.19. The molecule has 0 aliphatic heterocycles. The normalized spacial score (nSPS) is 19.8. The van der Waals surface area contributed by atoms with Gasteiger partial charge < -0.3 is 9.84 Å². The van der Waals surface area contributed by atoms with Crippen molar-refractivity contribution in [2.24, 2.45) is 0 Å². The summed E-state index contributed by atoms with van der Waals surface area (Å²) in [5.74, 6) is 0.690. The standard InChI is InChI=1S/C13H15ClO2/c14-12-8-10(9-15)6-7-13(12)16-11-4-2-1-3-5-11/h2,4,6-8,11,15H,1,3,5,9H2. The summed E-state index contributed by atoms with van der Waals surface area (Å²) in [6.45, 7) is 0.00330. The lowest BCUT2D eigenvalue weighted by atomic mass is 10.1. The molecule has 0 amide bonds. The predicted octanol–water partition coefficient (Wildman–Crippen LogP) is 3.32. The zero-order valence-corrected chi connectivity index (χ0v) is 9.78. The van der Waals surface area contributed by atoms with Crippen LogP contribution in [0.3, 0.4) is 0 Å². The molecule has 1 unspecified atom stereocenters. The van der Waals surface area contributed by atoms with E-state index in [1.807, 2.05) is 12.1 Å². The molecule has 1 aromatic carbocycles. The van der Waals surface area contributed by atoms with Gasteiger partial charge in [-0.1, -0.05) is 23.7 Å². The molecule has 0 bridgehead atoms. The van der Waals surface area contributed by atoms with Gasteiger partial charge in [0.15, 0.2) is 0 Å². The maximum absolute atomic E-state index is 8.96. The first-order valence-electron chi connectivity index (χ1n) is 5.52. The van der Waals surface area contributed by atoms with Crippen molar-refractivity contribution in [3.63, 3.8) is 0 Å². The summed E-state index contributed by atoms with van der Waals surface area (Å²) in [6.07, 6.45) is 7.69. The van der Waals surface area contributed by atoms with Crippen molar-refractivity contribution in [2.45, 2.75) is 32.0 Å². The molecule has 1 aliphatic carbocycles. The molecule has 1 aromatic rings. The van der Waals surface area contributed by atoms with E-state index in [0.717, 1.165) is 24.8 Å². The van der Waals surface area contributed by atoms with Gasteiger partial charge in [-0.3, -0.25) is 0 Å². The minimum atomic E-state index is 0.00330. The number of hydrogen-bond donors (Lipinski definition) is 1. The highest BCUT2D eigenvalue weighted by Gasteiger charge is 2.11. The first-order valence-corrected chi connectivity index (χ1v) is 5.90. The Morgan fingerprint density at radius 3 is 2.94 bits per heavy atom. The van der Waals surface area contributed by atoms with Gasteiger partial charge in [0.05, 0.1) is 11.6 Å². The van der Waals surface area contributed by atoms with Crippen LogP contribution < -0.4 is 4.74 Å². The predicted molar refractivity (Wildman–Crippen MR) is 64.8 cm³/mol. The van der Waals surface area contributed by atoms with E-state index in [2.05, 4.69) is 12.2 Å². The van der Waals surface area contributed by atoms with Crippen LogP contribution in [0.1, 0.15) is 24.8 Å². The average molecular weight is 239 g/mol. The highest BCUT2D eigenvalue weighted by molar-refractivity contribution is 6.32. The molecule has 0 spiro atoms. The van der Waals surface area contributed by atoms with Gasteiger partial charge in [0.2, 0.25) is 0 Å². The molecule has 3 heteroatoms. The van der Waals surface area contributed by atoms with E-state index in [4.69, 9.17) is 21.4 Å². The van der Waals surface area contributed by atoms with Gasteiger partial charge in [0, 0.05) is 0 Å². The van der Waals surface area contributed by atoms with E-state index in [1.54, 1.807) is 6.07 Å². The second-order valence-corrected chi connectivity index (χ2v) is 4.35. The van der Waals surface area contributed by atoms with Crippen molar-refractivity contribution >= 4 is 11.6 Å². The van der Waals surface area contributed by atoms with Crippen LogP contribution in [0.25, 0.3) is 0 Å². The lowest BCUT2D eigenvalue weighted by molar-refractivity contribution is 0.229. The molecule has 0 saturated heterocycles. The molecule has 0 radical (unpaired) electrons. The minimum Gasteiger partial charge on any atom is -0.485 e. The molecule has 2 rings (SSSR count). The summed E-state index contributed by atoms with van der Waals surface area (Å²) >= 11 is 6.07. The van der Waals surface area contributed by atoms with E-state index < -0.39 is 0 Å².